The van der Waals surface area contributed by atoms with Gasteiger partial charge >= 0.3 is 0 Å². The van der Waals surface area contributed by atoms with E-state index in [4.69, 9.17) is 0 Å². The van der Waals surface area contributed by atoms with Gasteiger partial charge in [0.05, 0.1) is 12.7 Å². The fourth-order valence-electron chi connectivity index (χ4n) is 1.73. The largest absolute Gasteiger partial charge is 0.310 e. The summed E-state index contributed by atoms with van der Waals surface area (Å²) in [5, 5.41) is 7.45. The lowest BCUT2D eigenvalue weighted by molar-refractivity contribution is 0.558. The molecule has 1 heterocycles. The molecule has 102 valence electrons. The molecule has 0 radical (unpaired) electrons. The molecule has 1 aromatic carbocycles. The number of halogens is 2. The van der Waals surface area contributed by atoms with Gasteiger partial charge in [-0.1, -0.05) is 19.9 Å². The molecule has 0 amide bonds. The highest BCUT2D eigenvalue weighted by Crippen LogP contribution is 2.11. The number of hydrogen-bond acceptors (Lipinski definition) is 2. The van der Waals surface area contributed by atoms with E-state index in [1.165, 1.54) is 12.1 Å². The first-order chi connectivity index (χ1) is 9.04. The van der Waals surface area contributed by atoms with Crippen LogP contribution in [0.15, 0.2) is 30.6 Å². The van der Waals surface area contributed by atoms with Crippen molar-refractivity contribution in [1.29, 1.82) is 0 Å². The summed E-state index contributed by atoms with van der Waals surface area (Å²) in [4.78, 5) is 0. The molecule has 19 heavy (non-hydrogen) atoms. The van der Waals surface area contributed by atoms with Crippen LogP contribution in [0.4, 0.5) is 8.78 Å². The van der Waals surface area contributed by atoms with E-state index in [1.54, 1.807) is 10.9 Å². The highest BCUT2D eigenvalue weighted by Gasteiger charge is 2.06. The Morgan fingerprint density at radius 1 is 1.32 bits per heavy atom. The molecule has 0 bridgehead atoms. The first kappa shape index (κ1) is 13.7. The van der Waals surface area contributed by atoms with Crippen molar-refractivity contribution in [2.45, 2.75) is 33.0 Å². The van der Waals surface area contributed by atoms with Crippen molar-refractivity contribution < 1.29 is 8.78 Å². The summed E-state index contributed by atoms with van der Waals surface area (Å²) >= 11 is 0. The van der Waals surface area contributed by atoms with Gasteiger partial charge < -0.3 is 5.32 Å². The lowest BCUT2D eigenvalue weighted by Gasteiger charge is -2.05. The topological polar surface area (TPSA) is 29.9 Å². The number of nitrogens with zero attached hydrogens (tertiary/aromatic N) is 2. The molecule has 5 heteroatoms. The van der Waals surface area contributed by atoms with Gasteiger partial charge in [-0.3, -0.25) is 4.68 Å². The van der Waals surface area contributed by atoms with Crippen LogP contribution >= 0.6 is 0 Å². The minimum absolute atomic E-state index is 0.299. The maximum Gasteiger partial charge on any atom is 0.131 e. The molecule has 1 aromatic heterocycles. The highest BCUT2D eigenvalue weighted by molar-refractivity contribution is 5.19. The SMILES string of the molecule is CC(C)NCc1cnn(Cc2ccc(F)cc2F)c1. The predicted molar refractivity (Wildman–Crippen MR) is 69.7 cm³/mol. The van der Waals surface area contributed by atoms with E-state index in [0.29, 0.717) is 18.2 Å². The van der Waals surface area contributed by atoms with Gasteiger partial charge in [-0.25, -0.2) is 8.78 Å². The molecule has 0 aliphatic rings. The molecule has 0 aliphatic carbocycles. The third kappa shape index (κ3) is 3.86. The van der Waals surface area contributed by atoms with Gasteiger partial charge in [0, 0.05) is 36.0 Å². The third-order valence-electron chi connectivity index (χ3n) is 2.75. The van der Waals surface area contributed by atoms with E-state index >= 15 is 0 Å². The molecule has 0 spiro atoms. The Labute approximate surface area is 111 Å². The zero-order chi connectivity index (χ0) is 13.8. The second kappa shape index (κ2) is 5.93. The molecule has 1 N–H and O–H groups in total. The summed E-state index contributed by atoms with van der Waals surface area (Å²) in [5.41, 5.74) is 1.46. The molecule has 2 aromatic rings. The van der Waals surface area contributed by atoms with Crippen molar-refractivity contribution in [3.05, 3.63) is 53.4 Å². The zero-order valence-corrected chi connectivity index (χ0v) is 11.0. The summed E-state index contributed by atoms with van der Waals surface area (Å²) in [6.45, 7) is 5.16. The summed E-state index contributed by atoms with van der Waals surface area (Å²) in [7, 11) is 0. The Morgan fingerprint density at radius 2 is 2.11 bits per heavy atom. The van der Waals surface area contributed by atoms with E-state index in [-0.39, 0.29) is 0 Å². The van der Waals surface area contributed by atoms with Crippen LogP contribution in [0, 0.1) is 11.6 Å². The van der Waals surface area contributed by atoms with Gasteiger partial charge in [0.2, 0.25) is 0 Å². The Kier molecular flexibility index (Phi) is 4.27. The van der Waals surface area contributed by atoms with Crippen LogP contribution in [0.5, 0.6) is 0 Å². The maximum absolute atomic E-state index is 13.5. The molecular weight excluding hydrogens is 248 g/mol. The molecular formula is C14H17F2N3. The number of nitrogens with one attached hydrogen (secondary N) is 1. The van der Waals surface area contributed by atoms with Crippen molar-refractivity contribution in [3.63, 3.8) is 0 Å². The minimum atomic E-state index is -0.566. The quantitative estimate of drug-likeness (QED) is 0.900. The second-order valence-corrected chi connectivity index (χ2v) is 4.82. The molecule has 0 aliphatic heterocycles. The fourth-order valence-corrected chi connectivity index (χ4v) is 1.73. The van der Waals surface area contributed by atoms with Gasteiger partial charge in [-0.05, 0) is 6.07 Å². The van der Waals surface area contributed by atoms with Crippen molar-refractivity contribution in [1.82, 2.24) is 15.1 Å². The van der Waals surface area contributed by atoms with Gasteiger partial charge in [-0.15, -0.1) is 0 Å². The Hall–Kier alpha value is -1.75. The maximum atomic E-state index is 13.5. The molecule has 0 fully saturated rings. The summed E-state index contributed by atoms with van der Waals surface area (Å²) < 4.78 is 27.9. The number of aromatic nitrogens is 2. The van der Waals surface area contributed by atoms with Crippen molar-refractivity contribution in [2.24, 2.45) is 0 Å². The normalized spacial score (nSPS) is 11.2. The van der Waals surface area contributed by atoms with Gasteiger partial charge in [0.25, 0.3) is 0 Å². The average Bonchev–Trinajstić information content (AvgIpc) is 2.78. The van der Waals surface area contributed by atoms with Crippen LogP contribution < -0.4 is 5.32 Å². The van der Waals surface area contributed by atoms with E-state index in [1.807, 2.05) is 6.20 Å². The first-order valence-electron chi connectivity index (χ1n) is 6.23. The number of benzene rings is 1. The summed E-state index contributed by atoms with van der Waals surface area (Å²) in [6, 6.07) is 3.99. The Bertz CT molecular complexity index is 549. The molecule has 0 saturated carbocycles. The number of rotatable bonds is 5. The third-order valence-corrected chi connectivity index (χ3v) is 2.75. The summed E-state index contributed by atoms with van der Waals surface area (Å²) in [5.74, 6) is -1.11. The second-order valence-electron chi connectivity index (χ2n) is 4.82. The molecule has 0 saturated heterocycles. The van der Waals surface area contributed by atoms with Crippen molar-refractivity contribution in [2.75, 3.05) is 0 Å². The minimum Gasteiger partial charge on any atom is -0.310 e. The predicted octanol–water partition coefficient (Wildman–Crippen LogP) is 2.71. The monoisotopic (exact) mass is 265 g/mol. The average molecular weight is 265 g/mol. The standard InChI is InChI=1S/C14H17F2N3/c1-10(2)17-6-11-7-18-19(8-11)9-12-3-4-13(15)5-14(12)16/h3-5,7-8,10,17H,6,9H2,1-2H3. The molecule has 3 nitrogen and oxygen atoms in total. The van der Waals surface area contributed by atoms with Crippen LogP contribution in [-0.4, -0.2) is 15.8 Å². The fraction of sp³-hybridized carbons (Fsp3) is 0.357. The molecule has 0 unspecified atom stereocenters. The van der Waals surface area contributed by atoms with Gasteiger partial charge in [0.1, 0.15) is 11.6 Å². The van der Waals surface area contributed by atoms with Gasteiger partial charge in [0.15, 0.2) is 0 Å². The van der Waals surface area contributed by atoms with E-state index < -0.39 is 11.6 Å². The van der Waals surface area contributed by atoms with Crippen molar-refractivity contribution in [3.8, 4) is 0 Å². The Morgan fingerprint density at radius 3 is 2.79 bits per heavy atom. The van der Waals surface area contributed by atoms with E-state index in [2.05, 4.69) is 24.3 Å². The van der Waals surface area contributed by atoms with E-state index in [9.17, 15) is 8.78 Å². The summed E-state index contributed by atoms with van der Waals surface area (Å²) in [6.07, 6.45) is 3.61. The molecule has 2 rings (SSSR count). The van der Waals surface area contributed by atoms with Crippen LogP contribution in [-0.2, 0) is 13.1 Å². The van der Waals surface area contributed by atoms with Crippen LogP contribution in [0.3, 0.4) is 0 Å². The van der Waals surface area contributed by atoms with Crippen LogP contribution in [0.25, 0.3) is 0 Å². The van der Waals surface area contributed by atoms with Crippen LogP contribution in [0.1, 0.15) is 25.0 Å². The highest BCUT2D eigenvalue weighted by atomic mass is 19.1. The van der Waals surface area contributed by atoms with Crippen LogP contribution in [0.2, 0.25) is 0 Å². The Balaban J connectivity index is 2.03. The van der Waals surface area contributed by atoms with Gasteiger partial charge in [-0.2, -0.15) is 5.10 Å². The lowest BCUT2D eigenvalue weighted by Crippen LogP contribution is -2.21. The molecule has 0 atom stereocenters. The van der Waals surface area contributed by atoms with E-state index in [0.717, 1.165) is 18.2 Å². The first-order valence-corrected chi connectivity index (χ1v) is 6.23. The smallest absolute Gasteiger partial charge is 0.131 e. The number of hydrogen-bond donors (Lipinski definition) is 1. The van der Waals surface area contributed by atoms with Crippen molar-refractivity contribution >= 4 is 0 Å². The zero-order valence-electron chi connectivity index (χ0n) is 11.0. The lowest BCUT2D eigenvalue weighted by atomic mass is 10.2.